The van der Waals surface area contributed by atoms with Crippen LogP contribution in [0, 0.1) is 5.92 Å². The molecule has 1 aliphatic heterocycles. The zero-order chi connectivity index (χ0) is 14.4. The van der Waals surface area contributed by atoms with Gasteiger partial charge < -0.3 is 20.1 Å². The van der Waals surface area contributed by atoms with Gasteiger partial charge in [-0.1, -0.05) is 6.07 Å². The number of piperidine rings is 1. The van der Waals surface area contributed by atoms with Gasteiger partial charge in [-0.15, -0.1) is 0 Å². The lowest BCUT2D eigenvalue weighted by Gasteiger charge is -2.31. The summed E-state index contributed by atoms with van der Waals surface area (Å²) >= 11 is 0. The third-order valence-corrected chi connectivity index (χ3v) is 4.21. The number of hydrogen-bond donors (Lipinski definition) is 1. The smallest absolute Gasteiger partial charge is 0.160 e. The summed E-state index contributed by atoms with van der Waals surface area (Å²) in [5.74, 6) is 2.33. The van der Waals surface area contributed by atoms with Crippen LogP contribution in [-0.2, 0) is 6.42 Å². The lowest BCUT2D eigenvalue weighted by Crippen LogP contribution is -2.37. The largest absolute Gasteiger partial charge is 0.493 e. The van der Waals surface area contributed by atoms with Crippen LogP contribution in [-0.4, -0.2) is 45.3 Å². The number of rotatable bonds is 6. The number of likely N-dealkylation sites (tertiary alicyclic amines) is 1. The number of nitrogens with zero attached hydrogens (tertiary/aromatic N) is 1. The first-order valence-electron chi connectivity index (χ1n) is 7.40. The Labute approximate surface area is 121 Å². The predicted octanol–water partition coefficient (Wildman–Crippen LogP) is 1.92. The molecule has 0 atom stereocenters. The van der Waals surface area contributed by atoms with Gasteiger partial charge in [0.2, 0.25) is 0 Å². The topological polar surface area (TPSA) is 47.7 Å². The van der Waals surface area contributed by atoms with Gasteiger partial charge >= 0.3 is 0 Å². The van der Waals surface area contributed by atoms with Crippen molar-refractivity contribution in [2.75, 3.05) is 40.4 Å². The molecule has 1 aromatic carbocycles. The van der Waals surface area contributed by atoms with Crippen LogP contribution in [0.25, 0.3) is 0 Å². The standard InChI is InChI=1S/C16H26N2O2/c1-19-15-4-3-13(11-16(15)20-2)5-8-18-9-6-14(12-17)7-10-18/h3-4,11,14H,5-10,12,17H2,1-2H3. The lowest BCUT2D eigenvalue weighted by molar-refractivity contribution is 0.189. The maximum Gasteiger partial charge on any atom is 0.160 e. The van der Waals surface area contributed by atoms with E-state index in [1.165, 1.54) is 31.5 Å². The van der Waals surface area contributed by atoms with Crippen molar-refractivity contribution >= 4 is 0 Å². The Morgan fingerprint density at radius 1 is 1.15 bits per heavy atom. The van der Waals surface area contributed by atoms with E-state index in [4.69, 9.17) is 15.2 Å². The van der Waals surface area contributed by atoms with Gasteiger partial charge in [-0.05, 0) is 62.5 Å². The molecule has 112 valence electrons. The summed E-state index contributed by atoms with van der Waals surface area (Å²) in [4.78, 5) is 2.53. The van der Waals surface area contributed by atoms with Gasteiger partial charge in [-0.2, -0.15) is 0 Å². The van der Waals surface area contributed by atoms with Crippen LogP contribution < -0.4 is 15.2 Å². The van der Waals surface area contributed by atoms with Crippen LogP contribution in [0.4, 0.5) is 0 Å². The molecule has 0 aromatic heterocycles. The monoisotopic (exact) mass is 278 g/mol. The summed E-state index contributed by atoms with van der Waals surface area (Å²) in [7, 11) is 3.35. The zero-order valence-electron chi connectivity index (χ0n) is 12.6. The Morgan fingerprint density at radius 2 is 1.85 bits per heavy atom. The van der Waals surface area contributed by atoms with Gasteiger partial charge in [0, 0.05) is 6.54 Å². The maximum absolute atomic E-state index is 5.73. The van der Waals surface area contributed by atoms with Crippen molar-refractivity contribution in [1.29, 1.82) is 0 Å². The molecule has 0 spiro atoms. The maximum atomic E-state index is 5.73. The van der Waals surface area contributed by atoms with E-state index in [-0.39, 0.29) is 0 Å². The average molecular weight is 278 g/mol. The van der Waals surface area contributed by atoms with Crippen molar-refractivity contribution in [2.45, 2.75) is 19.3 Å². The molecule has 0 amide bonds. The molecule has 0 unspecified atom stereocenters. The summed E-state index contributed by atoms with van der Waals surface area (Å²) in [5, 5.41) is 0. The highest BCUT2D eigenvalue weighted by Crippen LogP contribution is 2.27. The van der Waals surface area contributed by atoms with E-state index in [1.54, 1.807) is 14.2 Å². The van der Waals surface area contributed by atoms with Gasteiger partial charge in [-0.3, -0.25) is 0 Å². The minimum absolute atomic E-state index is 0.729. The Bertz CT molecular complexity index is 415. The van der Waals surface area contributed by atoms with Crippen molar-refractivity contribution in [2.24, 2.45) is 11.7 Å². The summed E-state index contributed by atoms with van der Waals surface area (Å²) < 4.78 is 10.6. The number of methoxy groups -OCH3 is 2. The van der Waals surface area contributed by atoms with E-state index >= 15 is 0 Å². The van der Waals surface area contributed by atoms with E-state index in [1.807, 2.05) is 6.07 Å². The summed E-state index contributed by atoms with van der Waals surface area (Å²) in [6, 6.07) is 6.17. The van der Waals surface area contributed by atoms with Gasteiger partial charge in [0.15, 0.2) is 11.5 Å². The van der Waals surface area contributed by atoms with Crippen LogP contribution in [0.2, 0.25) is 0 Å². The van der Waals surface area contributed by atoms with Crippen molar-refractivity contribution in [1.82, 2.24) is 4.90 Å². The van der Waals surface area contributed by atoms with E-state index in [0.717, 1.165) is 36.9 Å². The first-order valence-corrected chi connectivity index (χ1v) is 7.40. The van der Waals surface area contributed by atoms with Crippen molar-refractivity contribution in [3.8, 4) is 11.5 Å². The number of ether oxygens (including phenoxy) is 2. The fourth-order valence-corrected chi connectivity index (χ4v) is 2.77. The van der Waals surface area contributed by atoms with Gasteiger partial charge in [0.05, 0.1) is 14.2 Å². The van der Waals surface area contributed by atoms with Crippen LogP contribution in [0.5, 0.6) is 11.5 Å². The fraction of sp³-hybridized carbons (Fsp3) is 0.625. The van der Waals surface area contributed by atoms with Crippen molar-refractivity contribution in [3.63, 3.8) is 0 Å². The highest BCUT2D eigenvalue weighted by atomic mass is 16.5. The molecular weight excluding hydrogens is 252 g/mol. The molecule has 1 heterocycles. The molecule has 1 saturated heterocycles. The van der Waals surface area contributed by atoms with Crippen molar-refractivity contribution < 1.29 is 9.47 Å². The quantitative estimate of drug-likeness (QED) is 0.863. The summed E-state index contributed by atoms with van der Waals surface area (Å²) in [6.07, 6.45) is 3.53. The minimum Gasteiger partial charge on any atom is -0.493 e. The summed E-state index contributed by atoms with van der Waals surface area (Å²) in [5.41, 5.74) is 7.02. The number of benzene rings is 1. The van der Waals surface area contributed by atoms with Crippen LogP contribution in [0.3, 0.4) is 0 Å². The molecule has 0 bridgehead atoms. The van der Waals surface area contributed by atoms with Crippen LogP contribution >= 0.6 is 0 Å². The van der Waals surface area contributed by atoms with Gasteiger partial charge in [-0.25, -0.2) is 0 Å². The molecule has 2 rings (SSSR count). The first kappa shape index (κ1) is 15.1. The Hall–Kier alpha value is -1.26. The second-order valence-electron chi connectivity index (χ2n) is 5.46. The fourth-order valence-electron chi connectivity index (χ4n) is 2.77. The lowest BCUT2D eigenvalue weighted by atomic mass is 9.97. The Balaban J connectivity index is 1.85. The molecular formula is C16H26N2O2. The van der Waals surface area contributed by atoms with Crippen LogP contribution in [0.15, 0.2) is 18.2 Å². The SMILES string of the molecule is COc1ccc(CCN2CCC(CN)CC2)cc1OC. The van der Waals surface area contributed by atoms with Crippen LogP contribution in [0.1, 0.15) is 18.4 Å². The van der Waals surface area contributed by atoms with E-state index in [2.05, 4.69) is 17.0 Å². The zero-order valence-corrected chi connectivity index (χ0v) is 12.6. The highest BCUT2D eigenvalue weighted by Gasteiger charge is 2.17. The van der Waals surface area contributed by atoms with Gasteiger partial charge in [0.1, 0.15) is 0 Å². The molecule has 4 nitrogen and oxygen atoms in total. The second kappa shape index (κ2) is 7.50. The van der Waals surface area contributed by atoms with E-state index < -0.39 is 0 Å². The second-order valence-corrected chi connectivity index (χ2v) is 5.46. The third kappa shape index (κ3) is 3.87. The van der Waals surface area contributed by atoms with E-state index in [0.29, 0.717) is 0 Å². The molecule has 0 radical (unpaired) electrons. The Kier molecular flexibility index (Phi) is 5.68. The molecule has 0 saturated carbocycles. The predicted molar refractivity (Wildman–Crippen MR) is 81.5 cm³/mol. The van der Waals surface area contributed by atoms with E-state index in [9.17, 15) is 0 Å². The third-order valence-electron chi connectivity index (χ3n) is 4.21. The Morgan fingerprint density at radius 3 is 2.45 bits per heavy atom. The molecule has 1 fully saturated rings. The molecule has 0 aliphatic carbocycles. The molecule has 1 aliphatic rings. The van der Waals surface area contributed by atoms with Crippen molar-refractivity contribution in [3.05, 3.63) is 23.8 Å². The number of hydrogen-bond acceptors (Lipinski definition) is 4. The first-order chi connectivity index (χ1) is 9.76. The molecule has 2 N–H and O–H groups in total. The summed E-state index contributed by atoms with van der Waals surface area (Å²) in [6.45, 7) is 4.29. The van der Waals surface area contributed by atoms with Gasteiger partial charge in [0.25, 0.3) is 0 Å². The molecule has 4 heteroatoms. The normalized spacial score (nSPS) is 17.1. The minimum atomic E-state index is 0.729. The number of nitrogens with two attached hydrogens (primary N) is 1. The average Bonchev–Trinajstić information content (AvgIpc) is 2.53. The highest BCUT2D eigenvalue weighted by molar-refractivity contribution is 5.42. The molecule has 1 aromatic rings. The molecule has 20 heavy (non-hydrogen) atoms.